The molecule has 218 valence electrons. The first-order valence-electron chi connectivity index (χ1n) is 14.0. The van der Waals surface area contributed by atoms with E-state index in [2.05, 4.69) is 62.9 Å². The molecule has 0 saturated heterocycles. The molecule has 7 nitrogen and oxygen atoms in total. The van der Waals surface area contributed by atoms with Gasteiger partial charge in [0.1, 0.15) is 11.7 Å². The summed E-state index contributed by atoms with van der Waals surface area (Å²) in [5, 5.41) is 9.23. The van der Waals surface area contributed by atoms with Gasteiger partial charge in [-0.15, -0.1) is 0 Å². The lowest BCUT2D eigenvalue weighted by Gasteiger charge is -2.34. The van der Waals surface area contributed by atoms with Gasteiger partial charge in [-0.05, 0) is 83.7 Å². The molecule has 2 unspecified atom stereocenters. The molecule has 1 aromatic heterocycles. The number of ether oxygens (including phenoxy) is 1. The van der Waals surface area contributed by atoms with Gasteiger partial charge in [0.05, 0.1) is 36.0 Å². The molecule has 2 aliphatic rings. The fourth-order valence-corrected chi connectivity index (χ4v) is 6.40. The van der Waals surface area contributed by atoms with E-state index in [0.29, 0.717) is 36.7 Å². The molecule has 10 heteroatoms. The number of alkyl halides is 1. The normalized spacial score (nSPS) is 19.7. The Balaban J connectivity index is 1.56. The Morgan fingerprint density at radius 1 is 1.23 bits per heavy atom. The zero-order valence-corrected chi connectivity index (χ0v) is 25.9. The van der Waals surface area contributed by atoms with Crippen molar-refractivity contribution in [2.75, 3.05) is 38.8 Å². The maximum Gasteiger partial charge on any atom is 0.175 e. The number of benzene rings is 1. The van der Waals surface area contributed by atoms with E-state index in [9.17, 15) is 12.8 Å². The van der Waals surface area contributed by atoms with Crippen molar-refractivity contribution in [3.05, 3.63) is 40.5 Å². The molecule has 2 aromatic rings. The maximum atomic E-state index is 14.2. The second-order valence-corrected chi connectivity index (χ2v) is 13.5. The van der Waals surface area contributed by atoms with Crippen LogP contribution in [-0.4, -0.2) is 69.4 Å². The molecule has 1 aromatic carbocycles. The minimum absolute atomic E-state index is 0.205. The van der Waals surface area contributed by atoms with Crippen LogP contribution in [0.3, 0.4) is 0 Å². The monoisotopic (exact) mass is 588 g/mol. The van der Waals surface area contributed by atoms with Crippen LogP contribution in [0.25, 0.3) is 11.8 Å². The van der Waals surface area contributed by atoms with Gasteiger partial charge >= 0.3 is 0 Å². The highest BCUT2D eigenvalue weighted by molar-refractivity contribution is 7.90. The lowest BCUT2D eigenvalue weighted by Crippen LogP contribution is -2.43. The van der Waals surface area contributed by atoms with E-state index in [1.165, 1.54) is 30.9 Å². The minimum Gasteiger partial charge on any atom is -0.492 e. The van der Waals surface area contributed by atoms with Gasteiger partial charge in [-0.2, -0.15) is 0 Å². The molecule has 0 spiro atoms. The van der Waals surface area contributed by atoms with Crippen LogP contribution in [0.4, 0.5) is 10.1 Å². The van der Waals surface area contributed by atoms with Crippen LogP contribution in [0.5, 0.6) is 5.75 Å². The molecule has 4 rings (SSSR count). The van der Waals surface area contributed by atoms with Crippen molar-refractivity contribution in [2.45, 2.75) is 74.9 Å². The van der Waals surface area contributed by atoms with Crippen molar-refractivity contribution in [1.82, 2.24) is 14.8 Å². The van der Waals surface area contributed by atoms with Gasteiger partial charge in [-0.25, -0.2) is 12.8 Å². The highest BCUT2D eigenvalue weighted by Gasteiger charge is 2.23. The van der Waals surface area contributed by atoms with E-state index in [-0.39, 0.29) is 11.4 Å². The fraction of sp³-hybridized carbons (Fsp3) is 0.533. The smallest absolute Gasteiger partial charge is 0.175 e. The molecule has 0 radical (unpaired) electrons. The molecule has 1 fully saturated rings. The van der Waals surface area contributed by atoms with E-state index in [4.69, 9.17) is 4.74 Å². The predicted molar refractivity (Wildman–Crippen MR) is 164 cm³/mol. The summed E-state index contributed by atoms with van der Waals surface area (Å²) in [5.41, 5.74) is 2.68. The van der Waals surface area contributed by atoms with Crippen LogP contribution in [0.2, 0.25) is 0 Å². The molecule has 0 bridgehead atoms. The van der Waals surface area contributed by atoms with Crippen molar-refractivity contribution in [3.63, 3.8) is 0 Å². The summed E-state index contributed by atoms with van der Waals surface area (Å²) in [6.45, 7) is 2.80. The highest BCUT2D eigenvalue weighted by atomic mass is 32.2. The number of sulfone groups is 1. The number of hydrogen-bond donors (Lipinski definition) is 2. The second-order valence-electron chi connectivity index (χ2n) is 10.8. The summed E-state index contributed by atoms with van der Waals surface area (Å²) in [5.74, 6) is 5.80. The van der Waals surface area contributed by atoms with Gasteiger partial charge in [0, 0.05) is 40.7 Å². The molecule has 1 saturated carbocycles. The number of nitrogens with one attached hydrogen (secondary N) is 2. The maximum absolute atomic E-state index is 14.2. The van der Waals surface area contributed by atoms with Gasteiger partial charge in [0.15, 0.2) is 9.84 Å². The highest BCUT2D eigenvalue weighted by Crippen LogP contribution is 2.28. The summed E-state index contributed by atoms with van der Waals surface area (Å²) in [7, 11) is 3.23. The van der Waals surface area contributed by atoms with Crippen LogP contribution < -0.4 is 25.9 Å². The van der Waals surface area contributed by atoms with Crippen molar-refractivity contribution in [2.24, 2.45) is 0 Å². The first-order chi connectivity index (χ1) is 19.1. The third-order valence-electron chi connectivity index (χ3n) is 7.62. The van der Waals surface area contributed by atoms with Crippen LogP contribution in [0.15, 0.2) is 29.2 Å². The molecule has 0 amide bonds. The van der Waals surface area contributed by atoms with Gasteiger partial charge in [0.2, 0.25) is 0 Å². The van der Waals surface area contributed by atoms with E-state index in [0.717, 1.165) is 41.9 Å². The number of halogens is 1. The molecule has 40 heavy (non-hydrogen) atoms. The molecular formula is C30H42FN4O3PS. The second kappa shape index (κ2) is 13.4. The third-order valence-corrected chi connectivity index (χ3v) is 8.94. The number of nitrogens with zero attached hydrogens (tertiary/aromatic N) is 2. The molecule has 2 N–H and O–H groups in total. The molecule has 2 atom stereocenters. The lowest BCUT2D eigenvalue weighted by atomic mass is 9.90. The van der Waals surface area contributed by atoms with Crippen LogP contribution >= 0.6 is 9.24 Å². The Kier molecular flexibility index (Phi) is 10.2. The average Bonchev–Trinajstić information content (AvgIpc) is 3.24. The average molecular weight is 589 g/mol. The van der Waals surface area contributed by atoms with Crippen molar-refractivity contribution < 1.29 is 17.5 Å². The Hall–Kier alpha value is -2.53. The Labute approximate surface area is 240 Å². The summed E-state index contributed by atoms with van der Waals surface area (Å²) in [6, 6.07) is 7.98. The standard InChI is InChI=1S/C30H42FN4O3PS/c1-5-38-29-19-24(40(4,36)37)15-16-27(29)32-17-7-8-23-18-25-26(9-6-10-28(25)35(23)20-30(31)39)33-21-11-13-22(14-12-21)34(2)3/h10,15-16,18-19,21-22,30,32-33H,5-6,9,11-14,17,20,39H2,1-4H3. The summed E-state index contributed by atoms with van der Waals surface area (Å²) >= 11 is 0. The van der Waals surface area contributed by atoms with Crippen LogP contribution in [0.1, 0.15) is 51.1 Å². The largest absolute Gasteiger partial charge is 0.492 e. The van der Waals surface area contributed by atoms with E-state index in [1.54, 1.807) is 12.1 Å². The number of fused-ring (bicyclic) bond motifs is 1. The SMILES string of the molecule is CCOc1cc(S(C)(=O)=O)ccc1NCC#Cc1cc2c(n1CC(F)P)=CCCC=2NC1CCC(N(C)C)CC1. The summed E-state index contributed by atoms with van der Waals surface area (Å²) < 4.78 is 45.7. The lowest BCUT2D eigenvalue weighted by molar-refractivity contribution is 0.210. The van der Waals surface area contributed by atoms with Gasteiger partial charge in [0.25, 0.3) is 0 Å². The Morgan fingerprint density at radius 3 is 2.62 bits per heavy atom. The fourth-order valence-electron chi connectivity index (χ4n) is 5.55. The van der Waals surface area contributed by atoms with Crippen LogP contribution in [-0.2, 0) is 16.4 Å². The minimum atomic E-state index is -3.34. The predicted octanol–water partition coefficient (Wildman–Crippen LogP) is 3.07. The van der Waals surface area contributed by atoms with E-state index in [1.807, 2.05) is 11.5 Å². The number of anilines is 1. The number of rotatable bonds is 10. The summed E-state index contributed by atoms with van der Waals surface area (Å²) in [6.07, 6.45) is 9.92. The van der Waals surface area contributed by atoms with Crippen molar-refractivity contribution in [1.29, 1.82) is 0 Å². The first kappa shape index (κ1) is 30.4. The van der Waals surface area contributed by atoms with Crippen molar-refractivity contribution >= 4 is 36.5 Å². The topological polar surface area (TPSA) is 75.6 Å². The molecule has 2 aliphatic carbocycles. The zero-order chi connectivity index (χ0) is 28.9. The summed E-state index contributed by atoms with van der Waals surface area (Å²) in [4.78, 5) is 2.53. The Bertz CT molecular complexity index is 1480. The first-order valence-corrected chi connectivity index (χ1v) is 16.6. The third kappa shape index (κ3) is 7.60. The molecular weight excluding hydrogens is 546 g/mol. The molecule has 1 heterocycles. The zero-order valence-electron chi connectivity index (χ0n) is 24.0. The Morgan fingerprint density at radius 2 is 1.98 bits per heavy atom. The van der Waals surface area contributed by atoms with Gasteiger partial charge in [-0.1, -0.05) is 21.2 Å². The van der Waals surface area contributed by atoms with E-state index >= 15 is 0 Å². The number of hydrogen-bond acceptors (Lipinski definition) is 6. The number of aromatic nitrogens is 1. The molecule has 0 aliphatic heterocycles. The van der Waals surface area contributed by atoms with Gasteiger partial charge < -0.3 is 24.8 Å². The quantitative estimate of drug-likeness (QED) is 0.328. The van der Waals surface area contributed by atoms with Gasteiger partial charge in [-0.3, -0.25) is 0 Å². The van der Waals surface area contributed by atoms with Crippen molar-refractivity contribution in [3.8, 4) is 17.6 Å². The van der Waals surface area contributed by atoms with E-state index < -0.39 is 15.8 Å². The van der Waals surface area contributed by atoms with Crippen LogP contribution in [0, 0.1) is 11.8 Å².